The molecule has 1 N–H and O–H groups in total. The average Bonchev–Trinajstić information content (AvgIpc) is 3.19. The molecule has 3 rings (SSSR count). The summed E-state index contributed by atoms with van der Waals surface area (Å²) < 4.78 is 52.7. The van der Waals surface area contributed by atoms with Crippen LogP contribution in [0.1, 0.15) is 37.0 Å². The summed E-state index contributed by atoms with van der Waals surface area (Å²) in [6.07, 6.45) is 1.07. The van der Waals surface area contributed by atoms with Gasteiger partial charge in [0.05, 0.1) is 25.8 Å². The van der Waals surface area contributed by atoms with Crippen LogP contribution in [0.3, 0.4) is 0 Å². The van der Waals surface area contributed by atoms with Crippen LogP contribution in [0, 0.1) is 23.5 Å². The van der Waals surface area contributed by atoms with Crippen molar-refractivity contribution in [1.82, 2.24) is 5.32 Å². The van der Waals surface area contributed by atoms with Crippen LogP contribution >= 0.6 is 0 Å². The highest BCUT2D eigenvalue weighted by Gasteiger charge is 2.67. The van der Waals surface area contributed by atoms with Gasteiger partial charge in [-0.1, -0.05) is 11.1 Å². The summed E-state index contributed by atoms with van der Waals surface area (Å²) in [6, 6.07) is 0.264. The molecule has 2 unspecified atom stereocenters. The van der Waals surface area contributed by atoms with E-state index in [2.05, 4.69) is 5.32 Å². The summed E-state index contributed by atoms with van der Waals surface area (Å²) in [5.74, 6) is -5.57. The predicted molar refractivity (Wildman–Crippen MR) is 94.6 cm³/mol. The average molecular weight is 397 g/mol. The highest BCUT2D eigenvalue weighted by Crippen LogP contribution is 2.57. The molecule has 1 aromatic rings. The summed E-state index contributed by atoms with van der Waals surface area (Å²) >= 11 is 0. The maximum absolute atomic E-state index is 16.0. The third-order valence-electron chi connectivity index (χ3n) is 5.75. The molecular weight excluding hydrogens is 375 g/mol. The summed E-state index contributed by atoms with van der Waals surface area (Å²) in [5.41, 5.74) is -1.02. The first-order chi connectivity index (χ1) is 13.2. The zero-order valence-electron chi connectivity index (χ0n) is 16.1. The fraction of sp³-hybridized carbons (Fsp3) is 0.500. The van der Waals surface area contributed by atoms with Crippen LogP contribution < -0.4 is 10.1 Å². The Bertz CT molecular complexity index is 865. The second-order valence-corrected chi connectivity index (χ2v) is 7.37. The van der Waals surface area contributed by atoms with Crippen LogP contribution in [0.4, 0.5) is 13.2 Å². The van der Waals surface area contributed by atoms with Crippen molar-refractivity contribution in [2.75, 3.05) is 14.2 Å². The number of carbonyl (C=O) groups is 2. The van der Waals surface area contributed by atoms with Crippen molar-refractivity contribution < 1.29 is 32.2 Å². The van der Waals surface area contributed by atoms with Crippen molar-refractivity contribution in [3.63, 3.8) is 0 Å². The smallest absolute Gasteiger partial charge is 0.346 e. The Hall–Kier alpha value is -2.51. The number of benzene rings is 1. The second-order valence-electron chi connectivity index (χ2n) is 7.37. The van der Waals surface area contributed by atoms with E-state index < -0.39 is 41.1 Å². The number of methoxy groups -OCH3 is 2. The summed E-state index contributed by atoms with van der Waals surface area (Å²) in [4.78, 5) is 25.1. The Kier molecular flexibility index (Phi) is 5.16. The zero-order chi connectivity index (χ0) is 20.8. The minimum absolute atomic E-state index is 0.190. The van der Waals surface area contributed by atoms with Gasteiger partial charge in [0.15, 0.2) is 11.6 Å². The molecule has 2 aliphatic rings. The second kappa shape index (κ2) is 7.14. The number of hydrogen-bond acceptors (Lipinski definition) is 4. The predicted octanol–water partition coefficient (Wildman–Crippen LogP) is 3.33. The molecule has 2 saturated carbocycles. The summed E-state index contributed by atoms with van der Waals surface area (Å²) in [7, 11) is 2.30. The van der Waals surface area contributed by atoms with Gasteiger partial charge in [0, 0.05) is 17.9 Å². The molecule has 0 aliphatic heterocycles. The van der Waals surface area contributed by atoms with E-state index in [-0.39, 0.29) is 17.2 Å². The number of ether oxygens (including phenoxy) is 2. The molecule has 2 fully saturated rings. The van der Waals surface area contributed by atoms with Crippen molar-refractivity contribution in [3.8, 4) is 5.75 Å². The van der Waals surface area contributed by atoms with Gasteiger partial charge < -0.3 is 14.8 Å². The van der Waals surface area contributed by atoms with Crippen LogP contribution in [-0.2, 0) is 9.53 Å². The van der Waals surface area contributed by atoms with Gasteiger partial charge in [-0.25, -0.2) is 18.0 Å². The van der Waals surface area contributed by atoms with E-state index in [1.54, 1.807) is 0 Å². The molecule has 5 nitrogen and oxygen atoms in total. The van der Waals surface area contributed by atoms with E-state index in [0.29, 0.717) is 18.9 Å². The molecule has 4 atom stereocenters. The Balaban J connectivity index is 2.01. The van der Waals surface area contributed by atoms with E-state index in [1.165, 1.54) is 7.11 Å². The van der Waals surface area contributed by atoms with Gasteiger partial charge in [-0.15, -0.1) is 0 Å². The van der Waals surface area contributed by atoms with E-state index in [1.807, 2.05) is 13.8 Å². The topological polar surface area (TPSA) is 64.6 Å². The molecule has 0 spiro atoms. The van der Waals surface area contributed by atoms with Crippen molar-refractivity contribution in [2.45, 2.75) is 38.4 Å². The van der Waals surface area contributed by atoms with Gasteiger partial charge in [-0.05, 0) is 32.8 Å². The number of allylic oxidation sites excluding steroid dienone is 1. The van der Waals surface area contributed by atoms with Gasteiger partial charge in [-0.2, -0.15) is 0 Å². The number of rotatable bonds is 4. The largest absolute Gasteiger partial charge is 0.496 e. The summed E-state index contributed by atoms with van der Waals surface area (Å²) in [6.45, 7) is 3.67. The number of hydrogen-bond donors (Lipinski definition) is 1. The number of carbonyl (C=O) groups excluding carboxylic acids is 2. The van der Waals surface area contributed by atoms with E-state index in [4.69, 9.17) is 9.47 Å². The lowest BCUT2D eigenvalue weighted by Gasteiger charge is -2.34. The Morgan fingerprint density at radius 3 is 2.36 bits per heavy atom. The highest BCUT2D eigenvalue weighted by atomic mass is 19.2. The highest BCUT2D eigenvalue weighted by molar-refractivity contribution is 5.98. The van der Waals surface area contributed by atoms with Gasteiger partial charge in [0.1, 0.15) is 5.75 Å². The first-order valence-corrected chi connectivity index (χ1v) is 8.95. The number of amides is 1. The van der Waals surface area contributed by atoms with E-state index in [0.717, 1.165) is 24.3 Å². The monoisotopic (exact) mass is 397 g/mol. The minimum atomic E-state index is -2.42. The number of nitrogens with one attached hydrogen (secondary N) is 1. The molecule has 0 aromatic heterocycles. The molecule has 152 valence electrons. The van der Waals surface area contributed by atoms with Crippen molar-refractivity contribution in [3.05, 3.63) is 40.5 Å². The molecule has 2 aliphatic carbocycles. The van der Waals surface area contributed by atoms with Gasteiger partial charge >= 0.3 is 5.97 Å². The van der Waals surface area contributed by atoms with Gasteiger partial charge in [0.2, 0.25) is 5.67 Å². The number of halogens is 3. The van der Waals surface area contributed by atoms with Crippen molar-refractivity contribution >= 4 is 11.9 Å². The van der Waals surface area contributed by atoms with Crippen molar-refractivity contribution in [2.24, 2.45) is 11.8 Å². The fourth-order valence-corrected chi connectivity index (χ4v) is 4.65. The van der Waals surface area contributed by atoms with Crippen LogP contribution in [0.5, 0.6) is 5.75 Å². The lowest BCUT2D eigenvalue weighted by atomic mass is 9.81. The van der Waals surface area contributed by atoms with E-state index >= 15 is 4.39 Å². The normalized spacial score (nSPS) is 28.2. The first-order valence-electron chi connectivity index (χ1n) is 8.95. The Morgan fingerprint density at radius 1 is 1.14 bits per heavy atom. The van der Waals surface area contributed by atoms with Crippen LogP contribution in [0.15, 0.2) is 23.3 Å². The molecule has 28 heavy (non-hydrogen) atoms. The lowest BCUT2D eigenvalue weighted by Crippen LogP contribution is -2.58. The molecular formula is C20H22F3NO4. The summed E-state index contributed by atoms with van der Waals surface area (Å²) in [5, 5.41) is 2.52. The lowest BCUT2D eigenvalue weighted by molar-refractivity contribution is -0.160. The van der Waals surface area contributed by atoms with Gasteiger partial charge in [-0.3, -0.25) is 4.79 Å². The number of alkyl halides is 1. The molecule has 0 radical (unpaired) electrons. The third kappa shape index (κ3) is 2.86. The molecule has 1 amide bonds. The number of esters is 1. The number of fused-ring (bicyclic) bond motifs is 2. The van der Waals surface area contributed by atoms with Gasteiger partial charge in [0.25, 0.3) is 5.91 Å². The molecule has 2 bridgehead atoms. The third-order valence-corrected chi connectivity index (χ3v) is 5.75. The maximum Gasteiger partial charge on any atom is 0.346 e. The SMILES string of the molecule is COC(=O)[C@@]1(F)C2CCC(C2=C(C)C)[C@H]1NC(=O)c1cc(F)c(F)cc1OC. The molecule has 0 saturated heterocycles. The van der Waals surface area contributed by atoms with Crippen molar-refractivity contribution in [1.29, 1.82) is 0 Å². The van der Waals surface area contributed by atoms with E-state index in [9.17, 15) is 18.4 Å². The molecule has 8 heteroatoms. The standard InChI is InChI=1S/C20H22F3NO4/c1-9(2)16-10-5-6-12(16)20(23,19(26)28-4)17(10)24-18(25)11-7-13(21)14(22)8-15(11)27-3/h7-8,10,12,17H,5-6H2,1-4H3,(H,24,25)/t10?,12?,17-,20-/m1/s1. The maximum atomic E-state index is 16.0. The zero-order valence-corrected chi connectivity index (χ0v) is 16.1. The fourth-order valence-electron chi connectivity index (χ4n) is 4.65. The minimum Gasteiger partial charge on any atom is -0.496 e. The Labute approximate surface area is 160 Å². The molecule has 0 heterocycles. The van der Waals surface area contributed by atoms with Crippen LogP contribution in [0.25, 0.3) is 0 Å². The quantitative estimate of drug-likeness (QED) is 0.625. The molecule has 1 aromatic carbocycles. The van der Waals surface area contributed by atoms with Crippen LogP contribution in [-0.4, -0.2) is 37.8 Å². The Morgan fingerprint density at radius 2 is 1.79 bits per heavy atom. The first kappa shape index (κ1) is 20.2. The van der Waals surface area contributed by atoms with Crippen LogP contribution in [0.2, 0.25) is 0 Å².